The highest BCUT2D eigenvalue weighted by Crippen LogP contribution is 2.48. The fourth-order valence-corrected chi connectivity index (χ4v) is 5.13. The van der Waals surface area contributed by atoms with Gasteiger partial charge >= 0.3 is 0 Å². The molecule has 3 heterocycles. The standard InChI is InChI=1S/C16H16BrN3O2S/c1-16(2)5-7-11(8(21)6-16)12(9-3-4-10(17)23-9)13-14(18-7)19-20-15(13)22/h3-4,12H,5-6H2,1-2H3,(H3,18,19,20,22). The number of fused-ring (bicyclic) bond motifs is 1. The van der Waals surface area contributed by atoms with E-state index in [0.29, 0.717) is 17.8 Å². The molecule has 0 bridgehead atoms. The van der Waals surface area contributed by atoms with Crippen molar-refractivity contribution in [3.8, 4) is 0 Å². The Kier molecular flexibility index (Phi) is 3.22. The Hall–Kier alpha value is -1.60. The molecule has 23 heavy (non-hydrogen) atoms. The summed E-state index contributed by atoms with van der Waals surface area (Å²) in [6.45, 7) is 4.20. The fraction of sp³-hybridized carbons (Fsp3) is 0.375. The first-order valence-corrected chi connectivity index (χ1v) is 9.06. The van der Waals surface area contributed by atoms with Crippen molar-refractivity contribution < 1.29 is 4.79 Å². The molecule has 2 aliphatic rings. The van der Waals surface area contributed by atoms with Crippen molar-refractivity contribution in [2.24, 2.45) is 5.41 Å². The number of halogens is 1. The zero-order valence-corrected chi connectivity index (χ0v) is 15.2. The van der Waals surface area contributed by atoms with Crippen LogP contribution in [-0.2, 0) is 4.79 Å². The zero-order chi connectivity index (χ0) is 16.4. The maximum atomic E-state index is 12.9. The molecule has 0 aromatic carbocycles. The van der Waals surface area contributed by atoms with E-state index in [1.165, 1.54) is 0 Å². The molecule has 2 aromatic rings. The van der Waals surface area contributed by atoms with Crippen molar-refractivity contribution in [1.82, 2.24) is 10.2 Å². The molecule has 3 N–H and O–H groups in total. The quantitative estimate of drug-likeness (QED) is 0.690. The van der Waals surface area contributed by atoms with Crippen LogP contribution in [0.4, 0.5) is 5.82 Å². The van der Waals surface area contributed by atoms with Gasteiger partial charge in [-0.15, -0.1) is 11.3 Å². The Bertz CT molecular complexity index is 903. The number of carbonyl (C=O) groups is 1. The van der Waals surface area contributed by atoms with Crippen molar-refractivity contribution in [1.29, 1.82) is 0 Å². The monoisotopic (exact) mass is 393 g/mol. The van der Waals surface area contributed by atoms with Crippen LogP contribution in [0, 0.1) is 5.41 Å². The van der Waals surface area contributed by atoms with E-state index in [4.69, 9.17) is 0 Å². The third kappa shape index (κ3) is 2.33. The summed E-state index contributed by atoms with van der Waals surface area (Å²) in [5, 5.41) is 8.83. The summed E-state index contributed by atoms with van der Waals surface area (Å²) in [6, 6.07) is 3.94. The molecule has 2 aromatic heterocycles. The number of allylic oxidation sites excluding steroid dienone is 2. The number of H-pyrrole nitrogens is 2. The number of hydrogen-bond donors (Lipinski definition) is 3. The Morgan fingerprint density at radius 3 is 2.70 bits per heavy atom. The Labute approximate surface area is 145 Å². The fourth-order valence-electron chi connectivity index (χ4n) is 3.59. The van der Waals surface area contributed by atoms with Crippen molar-refractivity contribution in [3.63, 3.8) is 0 Å². The van der Waals surface area contributed by atoms with Crippen LogP contribution in [-0.4, -0.2) is 16.0 Å². The number of hydrogen-bond acceptors (Lipinski definition) is 4. The molecule has 1 aliphatic heterocycles. The molecule has 4 rings (SSSR count). The van der Waals surface area contributed by atoms with Gasteiger partial charge in [-0.2, -0.15) is 0 Å². The van der Waals surface area contributed by atoms with Crippen LogP contribution in [0.2, 0.25) is 0 Å². The maximum Gasteiger partial charge on any atom is 0.270 e. The smallest absolute Gasteiger partial charge is 0.270 e. The van der Waals surface area contributed by atoms with Crippen LogP contribution in [0.3, 0.4) is 0 Å². The number of ketones is 1. The normalized spacial score (nSPS) is 22.6. The lowest BCUT2D eigenvalue weighted by Crippen LogP contribution is -2.34. The highest BCUT2D eigenvalue weighted by molar-refractivity contribution is 9.11. The molecule has 1 aliphatic carbocycles. The Morgan fingerprint density at radius 1 is 1.22 bits per heavy atom. The third-order valence-corrected chi connectivity index (χ3v) is 6.16. The van der Waals surface area contributed by atoms with Crippen LogP contribution >= 0.6 is 27.3 Å². The second kappa shape index (κ2) is 4.95. The van der Waals surface area contributed by atoms with Gasteiger partial charge in [-0.25, -0.2) is 0 Å². The van der Waals surface area contributed by atoms with E-state index in [2.05, 4.69) is 45.3 Å². The van der Waals surface area contributed by atoms with Gasteiger partial charge in [0.1, 0.15) is 5.82 Å². The first kappa shape index (κ1) is 15.0. The Balaban J connectivity index is 1.95. The number of carbonyl (C=O) groups excluding carboxylic acids is 1. The van der Waals surface area contributed by atoms with Crippen molar-refractivity contribution in [2.75, 3.05) is 5.32 Å². The molecule has 7 heteroatoms. The lowest BCUT2D eigenvalue weighted by Gasteiger charge is -2.37. The van der Waals surface area contributed by atoms with E-state index in [1.54, 1.807) is 11.3 Å². The van der Waals surface area contributed by atoms with Gasteiger partial charge in [-0.3, -0.25) is 19.8 Å². The van der Waals surface area contributed by atoms with E-state index in [1.807, 2.05) is 12.1 Å². The summed E-state index contributed by atoms with van der Waals surface area (Å²) in [7, 11) is 0. The lowest BCUT2D eigenvalue weighted by atomic mass is 9.70. The average molecular weight is 394 g/mol. The molecule has 1 atom stereocenters. The maximum absolute atomic E-state index is 12.9. The number of aromatic nitrogens is 2. The van der Waals surface area contributed by atoms with Gasteiger partial charge in [0.05, 0.1) is 15.3 Å². The van der Waals surface area contributed by atoms with Crippen molar-refractivity contribution in [3.05, 3.63) is 48.0 Å². The number of Topliss-reactive ketones (excluding diaryl/α,β-unsaturated/α-hetero) is 1. The predicted octanol–water partition coefficient (Wildman–Crippen LogP) is 3.73. The van der Waals surface area contributed by atoms with Gasteiger partial charge in [0.25, 0.3) is 5.56 Å². The van der Waals surface area contributed by atoms with E-state index in [-0.39, 0.29) is 22.7 Å². The summed E-state index contributed by atoms with van der Waals surface area (Å²) < 4.78 is 0.991. The molecule has 0 fully saturated rings. The highest BCUT2D eigenvalue weighted by atomic mass is 79.9. The van der Waals surface area contributed by atoms with Crippen LogP contribution in [0.25, 0.3) is 0 Å². The summed E-state index contributed by atoms with van der Waals surface area (Å²) in [4.78, 5) is 26.2. The van der Waals surface area contributed by atoms with E-state index in [0.717, 1.165) is 26.4 Å². The Morgan fingerprint density at radius 2 is 2.00 bits per heavy atom. The summed E-state index contributed by atoms with van der Waals surface area (Å²) in [6.07, 6.45) is 1.30. The van der Waals surface area contributed by atoms with Crippen molar-refractivity contribution >= 4 is 38.9 Å². The lowest BCUT2D eigenvalue weighted by molar-refractivity contribution is -0.118. The number of rotatable bonds is 1. The zero-order valence-electron chi connectivity index (χ0n) is 12.7. The highest BCUT2D eigenvalue weighted by Gasteiger charge is 2.42. The van der Waals surface area contributed by atoms with Crippen molar-refractivity contribution in [2.45, 2.75) is 32.6 Å². The minimum Gasteiger partial charge on any atom is -0.343 e. The van der Waals surface area contributed by atoms with Gasteiger partial charge < -0.3 is 5.32 Å². The number of thiophene rings is 1. The number of anilines is 1. The summed E-state index contributed by atoms with van der Waals surface area (Å²) >= 11 is 5.04. The molecule has 1 unspecified atom stereocenters. The second-order valence-electron chi connectivity index (χ2n) is 6.90. The number of aromatic amines is 2. The third-order valence-electron chi connectivity index (χ3n) is 4.47. The molecule has 120 valence electrons. The minimum absolute atomic E-state index is 0.0718. The molecule has 0 saturated carbocycles. The molecule has 0 spiro atoms. The van der Waals surface area contributed by atoms with E-state index >= 15 is 0 Å². The average Bonchev–Trinajstić information content (AvgIpc) is 3.02. The second-order valence-corrected chi connectivity index (χ2v) is 9.40. The molecule has 0 radical (unpaired) electrons. The molecule has 0 saturated heterocycles. The molecule has 5 nitrogen and oxygen atoms in total. The van der Waals surface area contributed by atoms with Gasteiger partial charge in [0.2, 0.25) is 0 Å². The van der Waals surface area contributed by atoms with Gasteiger partial charge in [0, 0.05) is 22.6 Å². The largest absolute Gasteiger partial charge is 0.343 e. The summed E-state index contributed by atoms with van der Waals surface area (Å²) in [5.74, 6) is 0.509. The van der Waals surface area contributed by atoms with Crippen LogP contribution in [0.15, 0.2) is 32.0 Å². The topological polar surface area (TPSA) is 77.8 Å². The SMILES string of the molecule is CC1(C)CC(=O)C2=C(C1)Nc1[nH][nH]c(=O)c1C2c1ccc(Br)s1. The van der Waals surface area contributed by atoms with Crippen LogP contribution in [0.5, 0.6) is 0 Å². The van der Waals surface area contributed by atoms with Gasteiger partial charge in [-0.05, 0) is 39.9 Å². The molecular weight excluding hydrogens is 378 g/mol. The molecule has 0 amide bonds. The first-order valence-electron chi connectivity index (χ1n) is 7.45. The van der Waals surface area contributed by atoms with E-state index < -0.39 is 0 Å². The van der Waals surface area contributed by atoms with Crippen LogP contribution in [0.1, 0.15) is 43.0 Å². The van der Waals surface area contributed by atoms with Crippen LogP contribution < -0.4 is 10.9 Å². The van der Waals surface area contributed by atoms with Gasteiger partial charge in [0.15, 0.2) is 5.78 Å². The minimum atomic E-state index is -0.295. The predicted molar refractivity (Wildman–Crippen MR) is 93.9 cm³/mol. The van der Waals surface area contributed by atoms with Gasteiger partial charge in [-0.1, -0.05) is 13.8 Å². The summed E-state index contributed by atoms with van der Waals surface area (Å²) in [5.41, 5.74) is 2.04. The number of nitrogens with one attached hydrogen (secondary N) is 3. The first-order chi connectivity index (χ1) is 10.9. The molecular formula is C16H16BrN3O2S. The van der Waals surface area contributed by atoms with E-state index in [9.17, 15) is 9.59 Å².